The molecule has 3 aromatic carbocycles. The molecule has 0 aliphatic carbocycles. The molecule has 0 spiro atoms. The number of para-hydroxylation sites is 1. The summed E-state index contributed by atoms with van der Waals surface area (Å²) in [5, 5.41) is 9.14. The molecular weight excluding hydrogens is 491 g/mol. The van der Waals surface area contributed by atoms with E-state index in [1.807, 2.05) is 0 Å². The van der Waals surface area contributed by atoms with E-state index in [2.05, 4.69) is 10.2 Å². The predicted molar refractivity (Wildman–Crippen MR) is 130 cm³/mol. The molecule has 1 aliphatic heterocycles. The van der Waals surface area contributed by atoms with E-state index in [-0.39, 0.29) is 10.1 Å². The van der Waals surface area contributed by atoms with Crippen LogP contribution in [-0.4, -0.2) is 23.0 Å². The lowest BCUT2D eigenvalue weighted by molar-refractivity contribution is -0.128. The Morgan fingerprint density at radius 1 is 0.750 bits per heavy atom. The number of rotatable bonds is 4. The molecule has 160 valence electrons. The SMILES string of the molecule is O=C1C(N=Nc2ccccc2Cl)C(=O)N(c2ccccc2Cl)C(=S)N1c1ccc(Cl)cc1. The molecule has 1 unspecified atom stereocenters. The molecule has 10 heteroatoms. The van der Waals surface area contributed by atoms with E-state index >= 15 is 0 Å². The van der Waals surface area contributed by atoms with Gasteiger partial charge in [-0.2, -0.15) is 10.2 Å². The number of halogens is 3. The number of hydrogen-bond donors (Lipinski definition) is 0. The Bertz CT molecular complexity index is 1250. The van der Waals surface area contributed by atoms with Crippen molar-refractivity contribution >= 4 is 81.0 Å². The first kappa shape index (κ1) is 22.4. The summed E-state index contributed by atoms with van der Waals surface area (Å²) < 4.78 is 0. The van der Waals surface area contributed by atoms with Crippen molar-refractivity contribution in [3.05, 3.63) is 87.9 Å². The molecule has 1 atom stereocenters. The number of hydrogen-bond acceptors (Lipinski definition) is 5. The Labute approximate surface area is 204 Å². The van der Waals surface area contributed by atoms with Gasteiger partial charge in [0.25, 0.3) is 11.8 Å². The summed E-state index contributed by atoms with van der Waals surface area (Å²) in [5.41, 5.74) is 1.07. The number of anilines is 2. The first-order chi connectivity index (χ1) is 15.4. The fraction of sp³-hybridized carbons (Fsp3) is 0.0455. The molecule has 0 bridgehead atoms. The summed E-state index contributed by atoms with van der Waals surface area (Å²) in [4.78, 5) is 29.1. The molecule has 1 fully saturated rings. The average molecular weight is 504 g/mol. The molecule has 0 aromatic heterocycles. The quantitative estimate of drug-likeness (QED) is 0.233. The highest BCUT2D eigenvalue weighted by atomic mass is 35.5. The molecule has 2 amide bonds. The number of carbonyl (C=O) groups excluding carboxylic acids is 2. The van der Waals surface area contributed by atoms with Gasteiger partial charge in [-0.3, -0.25) is 19.4 Å². The van der Waals surface area contributed by atoms with E-state index in [1.54, 1.807) is 72.8 Å². The van der Waals surface area contributed by atoms with Gasteiger partial charge in [0.1, 0.15) is 5.69 Å². The maximum Gasteiger partial charge on any atom is 0.269 e. The minimum Gasteiger partial charge on any atom is -0.271 e. The first-order valence-corrected chi connectivity index (χ1v) is 10.8. The zero-order chi connectivity index (χ0) is 22.8. The zero-order valence-corrected chi connectivity index (χ0v) is 19.2. The molecule has 0 N–H and O–H groups in total. The predicted octanol–water partition coefficient (Wildman–Crippen LogP) is 6.46. The fourth-order valence-electron chi connectivity index (χ4n) is 3.07. The van der Waals surface area contributed by atoms with Gasteiger partial charge < -0.3 is 0 Å². The summed E-state index contributed by atoms with van der Waals surface area (Å²) in [6.07, 6.45) is 0. The van der Waals surface area contributed by atoms with Crippen LogP contribution < -0.4 is 9.80 Å². The maximum atomic E-state index is 13.4. The highest BCUT2D eigenvalue weighted by molar-refractivity contribution is 7.81. The topological polar surface area (TPSA) is 65.3 Å². The van der Waals surface area contributed by atoms with Gasteiger partial charge >= 0.3 is 0 Å². The molecule has 32 heavy (non-hydrogen) atoms. The number of azo groups is 1. The fourth-order valence-corrected chi connectivity index (χ4v) is 3.98. The Balaban J connectivity index is 1.81. The van der Waals surface area contributed by atoms with Gasteiger partial charge in [0.15, 0.2) is 5.11 Å². The Kier molecular flexibility index (Phi) is 6.53. The molecule has 6 nitrogen and oxygen atoms in total. The highest BCUT2D eigenvalue weighted by Gasteiger charge is 2.46. The van der Waals surface area contributed by atoms with Crippen LogP contribution in [0.5, 0.6) is 0 Å². The Morgan fingerprint density at radius 2 is 1.34 bits per heavy atom. The van der Waals surface area contributed by atoms with Crippen molar-refractivity contribution in [2.24, 2.45) is 10.2 Å². The lowest BCUT2D eigenvalue weighted by Gasteiger charge is -2.37. The number of nitrogens with zero attached hydrogens (tertiary/aromatic N) is 4. The smallest absolute Gasteiger partial charge is 0.269 e. The minimum absolute atomic E-state index is 0.0559. The van der Waals surface area contributed by atoms with Crippen molar-refractivity contribution in [2.75, 3.05) is 9.80 Å². The van der Waals surface area contributed by atoms with Crippen LogP contribution in [0.2, 0.25) is 15.1 Å². The second-order valence-electron chi connectivity index (χ2n) is 6.63. The van der Waals surface area contributed by atoms with Crippen molar-refractivity contribution in [3.63, 3.8) is 0 Å². The summed E-state index contributed by atoms with van der Waals surface area (Å²) in [6, 6.07) is 18.4. The van der Waals surface area contributed by atoms with Gasteiger partial charge in [-0.25, -0.2) is 0 Å². The van der Waals surface area contributed by atoms with Crippen LogP contribution in [0.1, 0.15) is 0 Å². The Hall–Kier alpha value is -2.84. The molecule has 1 aliphatic rings. The van der Waals surface area contributed by atoms with Crippen molar-refractivity contribution in [3.8, 4) is 0 Å². The average Bonchev–Trinajstić information content (AvgIpc) is 2.77. The second-order valence-corrected chi connectivity index (χ2v) is 8.24. The molecule has 1 heterocycles. The van der Waals surface area contributed by atoms with Crippen LogP contribution in [0.15, 0.2) is 83.0 Å². The van der Waals surface area contributed by atoms with Crippen LogP contribution in [0.3, 0.4) is 0 Å². The van der Waals surface area contributed by atoms with E-state index < -0.39 is 17.9 Å². The van der Waals surface area contributed by atoms with Gasteiger partial charge in [-0.05, 0) is 60.7 Å². The lowest BCUT2D eigenvalue weighted by atomic mass is 10.1. The third kappa shape index (κ3) is 4.25. The van der Waals surface area contributed by atoms with Crippen LogP contribution in [0, 0.1) is 0 Å². The third-order valence-corrected chi connectivity index (χ3v) is 5.86. The summed E-state index contributed by atoms with van der Waals surface area (Å²) >= 11 is 24.0. The van der Waals surface area contributed by atoms with Crippen LogP contribution >= 0.6 is 47.0 Å². The van der Waals surface area contributed by atoms with Gasteiger partial charge in [-0.1, -0.05) is 59.1 Å². The van der Waals surface area contributed by atoms with Crippen molar-refractivity contribution in [1.29, 1.82) is 0 Å². The molecule has 4 rings (SSSR count). The molecule has 3 aromatic rings. The van der Waals surface area contributed by atoms with Gasteiger partial charge in [0.2, 0.25) is 6.04 Å². The number of benzene rings is 3. The first-order valence-electron chi connectivity index (χ1n) is 9.26. The van der Waals surface area contributed by atoms with Crippen molar-refractivity contribution < 1.29 is 9.59 Å². The van der Waals surface area contributed by atoms with Gasteiger partial charge in [0, 0.05) is 5.02 Å². The monoisotopic (exact) mass is 502 g/mol. The second kappa shape index (κ2) is 9.34. The van der Waals surface area contributed by atoms with Gasteiger partial charge in [-0.15, -0.1) is 0 Å². The highest BCUT2D eigenvalue weighted by Crippen LogP contribution is 2.33. The standard InChI is InChI=1S/C22H13Cl3N4O2S/c23-13-9-11-14(12-10-13)28-20(30)19(27-26-17-7-3-1-5-15(17)24)21(31)29(22(28)32)18-8-4-2-6-16(18)25/h1-12,19H. The molecular formula is C22H13Cl3N4O2S. The number of thiocarbonyl (C=S) groups is 1. The summed E-state index contributed by atoms with van der Waals surface area (Å²) in [7, 11) is 0. The Morgan fingerprint density at radius 3 is 2.00 bits per heavy atom. The van der Waals surface area contributed by atoms with Crippen LogP contribution in [-0.2, 0) is 9.59 Å². The van der Waals surface area contributed by atoms with E-state index in [9.17, 15) is 9.59 Å². The minimum atomic E-state index is -1.50. The zero-order valence-electron chi connectivity index (χ0n) is 16.2. The summed E-state index contributed by atoms with van der Waals surface area (Å²) in [5.74, 6) is -1.32. The van der Waals surface area contributed by atoms with Crippen molar-refractivity contribution in [1.82, 2.24) is 0 Å². The lowest BCUT2D eigenvalue weighted by Crippen LogP contribution is -2.62. The normalized spacial score (nSPS) is 16.8. The molecule has 0 radical (unpaired) electrons. The van der Waals surface area contributed by atoms with E-state index in [4.69, 9.17) is 47.0 Å². The van der Waals surface area contributed by atoms with Crippen LogP contribution in [0.25, 0.3) is 0 Å². The molecule has 0 saturated carbocycles. The number of carbonyl (C=O) groups is 2. The van der Waals surface area contributed by atoms with E-state index in [1.165, 1.54) is 9.80 Å². The van der Waals surface area contributed by atoms with E-state index in [0.29, 0.717) is 27.1 Å². The van der Waals surface area contributed by atoms with Gasteiger partial charge in [0.05, 0.1) is 21.4 Å². The molecule has 1 saturated heterocycles. The third-order valence-electron chi connectivity index (χ3n) is 4.60. The number of amides is 2. The van der Waals surface area contributed by atoms with Crippen LogP contribution in [0.4, 0.5) is 17.1 Å². The summed E-state index contributed by atoms with van der Waals surface area (Å²) in [6.45, 7) is 0. The van der Waals surface area contributed by atoms with E-state index in [0.717, 1.165) is 0 Å². The largest absolute Gasteiger partial charge is 0.271 e. The maximum absolute atomic E-state index is 13.4. The van der Waals surface area contributed by atoms with Crippen molar-refractivity contribution in [2.45, 2.75) is 6.04 Å².